The quantitative estimate of drug-likeness (QED) is 0.519. The van der Waals surface area contributed by atoms with Crippen molar-refractivity contribution in [3.05, 3.63) is 23.4 Å². The molecule has 0 radical (unpaired) electrons. The molecule has 0 aromatic rings. The van der Waals surface area contributed by atoms with Gasteiger partial charge in [-0.15, -0.1) is 0 Å². The lowest BCUT2D eigenvalue weighted by Crippen LogP contribution is -1.78. The highest BCUT2D eigenvalue weighted by molar-refractivity contribution is 6.25. The van der Waals surface area contributed by atoms with E-state index in [0.29, 0.717) is 0 Å². The topological polar surface area (TPSA) is 26.0 Å². The number of nitrogens with two attached hydrogens (primary N) is 1. The molecule has 0 aromatic heterocycles. The molecule has 0 aliphatic carbocycles. The Morgan fingerprint density at radius 2 is 2.29 bits per heavy atom. The van der Waals surface area contributed by atoms with Gasteiger partial charge in [-0.25, -0.2) is 0 Å². The van der Waals surface area contributed by atoms with Crippen LogP contribution in [0.2, 0.25) is 0 Å². The van der Waals surface area contributed by atoms with Crippen molar-refractivity contribution < 1.29 is 0 Å². The Morgan fingerprint density at radius 3 is 2.43 bits per heavy atom. The summed E-state index contributed by atoms with van der Waals surface area (Å²) in [4.78, 5) is 0. The third-order valence-corrected chi connectivity index (χ3v) is 0.715. The Labute approximate surface area is 48.5 Å². The van der Waals surface area contributed by atoms with Gasteiger partial charge in [-0.2, -0.15) is 0 Å². The number of hydrogen-bond donors (Lipinski definition) is 1. The van der Waals surface area contributed by atoms with E-state index in [0.717, 1.165) is 5.57 Å². The van der Waals surface area contributed by atoms with Gasteiger partial charge in [0, 0.05) is 5.54 Å². The van der Waals surface area contributed by atoms with Crippen LogP contribution in [-0.2, 0) is 0 Å². The molecule has 0 aliphatic rings. The van der Waals surface area contributed by atoms with E-state index >= 15 is 0 Å². The maximum atomic E-state index is 5.20. The van der Waals surface area contributed by atoms with Gasteiger partial charge in [-0.1, -0.05) is 11.6 Å². The minimum absolute atomic E-state index is 0.968. The fraction of sp³-hybridized carbons (Fsp3) is 0.200. The standard InChI is InChI=1S/C5H8ClN/c1-5(4-7)2-3-6/h2-4H,7H2,1H3/b3-2-,5-4-. The average Bonchev–Trinajstić information content (AvgIpc) is 1.68. The Morgan fingerprint density at radius 1 is 1.71 bits per heavy atom. The Balaban J connectivity index is 3.58. The Bertz CT molecular complexity index is 94.3. The zero-order valence-electron chi connectivity index (χ0n) is 4.19. The first kappa shape index (κ1) is 6.57. The molecule has 2 N–H and O–H groups in total. The molecule has 2 heteroatoms. The van der Waals surface area contributed by atoms with Gasteiger partial charge in [-0.05, 0) is 24.8 Å². The molecule has 7 heavy (non-hydrogen) atoms. The summed E-state index contributed by atoms with van der Waals surface area (Å²) >= 11 is 5.20. The average molecular weight is 118 g/mol. The highest BCUT2D eigenvalue weighted by atomic mass is 35.5. The van der Waals surface area contributed by atoms with Gasteiger partial charge < -0.3 is 5.73 Å². The third kappa shape index (κ3) is 3.40. The van der Waals surface area contributed by atoms with Crippen molar-refractivity contribution in [1.29, 1.82) is 0 Å². The second-order valence-electron chi connectivity index (χ2n) is 1.20. The fourth-order valence-corrected chi connectivity index (χ4v) is 0.354. The molecule has 0 rings (SSSR count). The summed E-state index contributed by atoms with van der Waals surface area (Å²) in [5.74, 6) is 0. The molecule has 0 unspecified atom stereocenters. The van der Waals surface area contributed by atoms with Crippen LogP contribution in [0.25, 0.3) is 0 Å². The molecule has 0 atom stereocenters. The first-order valence-electron chi connectivity index (χ1n) is 1.96. The zero-order valence-corrected chi connectivity index (χ0v) is 4.94. The van der Waals surface area contributed by atoms with E-state index in [9.17, 15) is 0 Å². The van der Waals surface area contributed by atoms with E-state index in [2.05, 4.69) is 0 Å². The van der Waals surface area contributed by atoms with Crippen molar-refractivity contribution in [2.75, 3.05) is 0 Å². The van der Waals surface area contributed by atoms with Crippen LogP contribution in [-0.4, -0.2) is 0 Å². The van der Waals surface area contributed by atoms with Gasteiger partial charge in [-0.3, -0.25) is 0 Å². The fourth-order valence-electron chi connectivity index (χ4n) is 0.155. The van der Waals surface area contributed by atoms with Crippen LogP contribution in [0.15, 0.2) is 23.4 Å². The lowest BCUT2D eigenvalue weighted by Gasteiger charge is -1.80. The normalized spacial score (nSPS) is 13.1. The first-order valence-corrected chi connectivity index (χ1v) is 2.40. The van der Waals surface area contributed by atoms with Crippen molar-refractivity contribution in [2.24, 2.45) is 5.73 Å². The molecule has 0 aliphatic heterocycles. The zero-order chi connectivity index (χ0) is 5.70. The summed E-state index contributed by atoms with van der Waals surface area (Å²) < 4.78 is 0. The van der Waals surface area contributed by atoms with Gasteiger partial charge in [0.25, 0.3) is 0 Å². The van der Waals surface area contributed by atoms with E-state index in [1.165, 1.54) is 11.7 Å². The molecule has 0 saturated carbocycles. The molecule has 0 saturated heterocycles. The summed E-state index contributed by atoms with van der Waals surface area (Å²) in [6.07, 6.45) is 3.22. The first-order chi connectivity index (χ1) is 3.31. The Kier molecular flexibility index (Phi) is 3.52. The van der Waals surface area contributed by atoms with E-state index < -0.39 is 0 Å². The molecule has 0 amide bonds. The van der Waals surface area contributed by atoms with E-state index in [-0.39, 0.29) is 0 Å². The predicted octanol–water partition coefficient (Wildman–Crippen LogP) is 1.60. The van der Waals surface area contributed by atoms with E-state index in [1.54, 1.807) is 6.08 Å². The molecule has 0 spiro atoms. The largest absolute Gasteiger partial charge is 0.404 e. The lowest BCUT2D eigenvalue weighted by atomic mass is 10.3. The van der Waals surface area contributed by atoms with Crippen molar-refractivity contribution in [1.82, 2.24) is 0 Å². The van der Waals surface area contributed by atoms with Crippen LogP contribution in [0.3, 0.4) is 0 Å². The van der Waals surface area contributed by atoms with Crippen LogP contribution in [0.4, 0.5) is 0 Å². The minimum atomic E-state index is 0.968. The molecule has 0 fully saturated rings. The second-order valence-corrected chi connectivity index (χ2v) is 1.46. The molecule has 40 valence electrons. The number of hydrogen-bond acceptors (Lipinski definition) is 1. The second kappa shape index (κ2) is 3.75. The van der Waals surface area contributed by atoms with Gasteiger partial charge in [0.2, 0.25) is 0 Å². The lowest BCUT2D eigenvalue weighted by molar-refractivity contribution is 1.44. The van der Waals surface area contributed by atoms with Crippen LogP contribution in [0.1, 0.15) is 6.92 Å². The van der Waals surface area contributed by atoms with Crippen LogP contribution >= 0.6 is 11.6 Å². The third-order valence-electron chi connectivity index (χ3n) is 0.589. The summed E-state index contributed by atoms with van der Waals surface area (Å²) in [5.41, 5.74) is 7.48. The van der Waals surface area contributed by atoms with Gasteiger partial charge in [0.15, 0.2) is 0 Å². The van der Waals surface area contributed by atoms with Gasteiger partial charge in [0.05, 0.1) is 0 Å². The highest BCUT2D eigenvalue weighted by Crippen LogP contribution is 1.91. The van der Waals surface area contributed by atoms with Crippen molar-refractivity contribution in [3.8, 4) is 0 Å². The minimum Gasteiger partial charge on any atom is -0.404 e. The van der Waals surface area contributed by atoms with Crippen molar-refractivity contribution in [3.63, 3.8) is 0 Å². The Hall–Kier alpha value is -0.430. The van der Waals surface area contributed by atoms with Gasteiger partial charge in [0.1, 0.15) is 0 Å². The molecule has 0 heterocycles. The molecule has 1 nitrogen and oxygen atoms in total. The molecule has 0 aromatic carbocycles. The molecular formula is C5H8ClN. The van der Waals surface area contributed by atoms with Gasteiger partial charge >= 0.3 is 0 Å². The van der Waals surface area contributed by atoms with Crippen molar-refractivity contribution in [2.45, 2.75) is 6.92 Å². The predicted molar refractivity (Wildman–Crippen MR) is 32.9 cm³/mol. The van der Waals surface area contributed by atoms with Crippen LogP contribution < -0.4 is 5.73 Å². The summed E-state index contributed by atoms with van der Waals surface area (Å²) in [6.45, 7) is 1.87. The highest BCUT2D eigenvalue weighted by Gasteiger charge is 1.71. The summed E-state index contributed by atoms with van der Waals surface area (Å²) in [6, 6.07) is 0. The van der Waals surface area contributed by atoms with E-state index in [1.807, 2.05) is 6.92 Å². The maximum absolute atomic E-state index is 5.20. The summed E-state index contributed by atoms with van der Waals surface area (Å²) in [5, 5.41) is 0. The number of halogens is 1. The van der Waals surface area contributed by atoms with Crippen LogP contribution in [0, 0.1) is 0 Å². The smallest absolute Gasteiger partial charge is 0.00456 e. The monoisotopic (exact) mass is 117 g/mol. The molecule has 0 bridgehead atoms. The molecular weight excluding hydrogens is 110 g/mol. The number of rotatable bonds is 1. The number of allylic oxidation sites excluding steroid dienone is 2. The maximum Gasteiger partial charge on any atom is 0.00456 e. The summed E-state index contributed by atoms with van der Waals surface area (Å²) in [7, 11) is 0. The SMILES string of the molecule is CC(/C=C\Cl)=C/N. The van der Waals surface area contributed by atoms with Crippen molar-refractivity contribution >= 4 is 11.6 Å². The van der Waals surface area contributed by atoms with Crippen LogP contribution in [0.5, 0.6) is 0 Å². The van der Waals surface area contributed by atoms with E-state index in [4.69, 9.17) is 17.3 Å².